The molecule has 1 aliphatic heterocycles. The number of nitrogens with zero attached hydrogens (tertiary/aromatic N) is 4. The minimum absolute atomic E-state index is 0.378. The molecule has 1 aromatic heterocycles. The number of hydrogen-bond donors (Lipinski definition) is 1. The normalized spacial score (nSPS) is 31.1. The van der Waals surface area contributed by atoms with Gasteiger partial charge in [-0.2, -0.15) is 0 Å². The third kappa shape index (κ3) is 2.30. The molecule has 2 unspecified atom stereocenters. The Morgan fingerprint density at radius 1 is 1.37 bits per heavy atom. The first-order valence-corrected chi connectivity index (χ1v) is 7.40. The largest absolute Gasteiger partial charge is 0.315 e. The van der Waals surface area contributed by atoms with Gasteiger partial charge in [-0.05, 0) is 25.3 Å². The van der Waals surface area contributed by atoms with Gasteiger partial charge in [-0.25, -0.2) is 0 Å². The number of fused-ring (bicyclic) bond motifs is 1. The van der Waals surface area contributed by atoms with Crippen molar-refractivity contribution in [2.45, 2.75) is 58.3 Å². The van der Waals surface area contributed by atoms with Gasteiger partial charge in [0.25, 0.3) is 0 Å². The lowest BCUT2D eigenvalue weighted by Gasteiger charge is -2.49. The fourth-order valence-corrected chi connectivity index (χ4v) is 3.95. The van der Waals surface area contributed by atoms with Crippen LogP contribution in [0.1, 0.15) is 38.9 Å². The molecule has 1 fully saturated rings. The second-order valence-electron chi connectivity index (χ2n) is 6.63. The molecule has 19 heavy (non-hydrogen) atoms. The summed E-state index contributed by atoms with van der Waals surface area (Å²) >= 11 is 0. The molecule has 2 heterocycles. The highest BCUT2D eigenvalue weighted by atomic mass is 15.3. The second kappa shape index (κ2) is 4.87. The van der Waals surface area contributed by atoms with Crippen LogP contribution < -0.4 is 5.32 Å². The molecule has 0 saturated heterocycles. The molecule has 1 aliphatic carbocycles. The van der Waals surface area contributed by atoms with Gasteiger partial charge in [-0.3, -0.25) is 4.90 Å². The molecule has 0 aromatic carbocycles. The zero-order valence-electron chi connectivity index (χ0n) is 12.3. The SMILES string of the molecule is CNC1C(N2CCn3cnnc3C2)CCCC1(C)C. The van der Waals surface area contributed by atoms with E-state index in [0.29, 0.717) is 17.5 Å². The first-order valence-electron chi connectivity index (χ1n) is 7.40. The number of nitrogens with one attached hydrogen (secondary N) is 1. The summed E-state index contributed by atoms with van der Waals surface area (Å²) in [6.45, 7) is 7.87. The monoisotopic (exact) mass is 263 g/mol. The van der Waals surface area contributed by atoms with E-state index in [1.165, 1.54) is 19.3 Å². The fourth-order valence-electron chi connectivity index (χ4n) is 3.95. The van der Waals surface area contributed by atoms with E-state index >= 15 is 0 Å². The lowest BCUT2D eigenvalue weighted by molar-refractivity contribution is 0.0356. The number of aromatic nitrogens is 3. The molecular weight excluding hydrogens is 238 g/mol. The Morgan fingerprint density at radius 3 is 3.00 bits per heavy atom. The Labute approximate surface area is 115 Å². The molecule has 2 aliphatic rings. The Balaban J connectivity index is 1.78. The summed E-state index contributed by atoms with van der Waals surface area (Å²) in [4.78, 5) is 2.60. The summed E-state index contributed by atoms with van der Waals surface area (Å²) in [6, 6.07) is 1.19. The van der Waals surface area contributed by atoms with Gasteiger partial charge in [0.1, 0.15) is 12.2 Å². The van der Waals surface area contributed by atoms with E-state index in [0.717, 1.165) is 25.5 Å². The topological polar surface area (TPSA) is 46.0 Å². The van der Waals surface area contributed by atoms with Crippen molar-refractivity contribution < 1.29 is 0 Å². The van der Waals surface area contributed by atoms with Crippen molar-refractivity contribution in [2.24, 2.45) is 5.41 Å². The average molecular weight is 263 g/mol. The first-order chi connectivity index (χ1) is 9.12. The molecule has 1 saturated carbocycles. The van der Waals surface area contributed by atoms with Crippen LogP contribution in [0.25, 0.3) is 0 Å². The van der Waals surface area contributed by atoms with E-state index in [-0.39, 0.29) is 0 Å². The van der Waals surface area contributed by atoms with Crippen LogP contribution >= 0.6 is 0 Å². The van der Waals surface area contributed by atoms with Gasteiger partial charge in [-0.15, -0.1) is 10.2 Å². The highest BCUT2D eigenvalue weighted by Gasteiger charge is 2.41. The van der Waals surface area contributed by atoms with Crippen LogP contribution in [0, 0.1) is 5.41 Å². The van der Waals surface area contributed by atoms with Crippen LogP contribution in [0.3, 0.4) is 0 Å². The van der Waals surface area contributed by atoms with Gasteiger partial charge >= 0.3 is 0 Å². The molecule has 1 aromatic rings. The van der Waals surface area contributed by atoms with E-state index in [1.807, 2.05) is 6.33 Å². The molecule has 5 nitrogen and oxygen atoms in total. The summed E-state index contributed by atoms with van der Waals surface area (Å²) in [5.41, 5.74) is 0.378. The van der Waals surface area contributed by atoms with Gasteiger partial charge < -0.3 is 9.88 Å². The molecule has 0 radical (unpaired) electrons. The predicted molar refractivity (Wildman–Crippen MR) is 74.7 cm³/mol. The maximum atomic E-state index is 4.24. The standard InChI is InChI=1S/C14H25N5/c1-14(2)6-4-5-11(13(14)15-3)18-7-8-19-10-16-17-12(19)9-18/h10-11,13,15H,4-9H2,1-3H3. The van der Waals surface area contributed by atoms with E-state index < -0.39 is 0 Å². The van der Waals surface area contributed by atoms with Crippen molar-refractivity contribution in [3.8, 4) is 0 Å². The molecule has 0 amide bonds. The Morgan fingerprint density at radius 2 is 2.21 bits per heavy atom. The summed E-state index contributed by atoms with van der Waals surface area (Å²) in [5, 5.41) is 11.8. The minimum atomic E-state index is 0.378. The van der Waals surface area contributed by atoms with Crippen LogP contribution in [0.15, 0.2) is 6.33 Å². The van der Waals surface area contributed by atoms with Crippen LogP contribution in [0.2, 0.25) is 0 Å². The van der Waals surface area contributed by atoms with E-state index in [1.54, 1.807) is 0 Å². The smallest absolute Gasteiger partial charge is 0.147 e. The molecule has 0 spiro atoms. The van der Waals surface area contributed by atoms with Crippen LogP contribution in [0.4, 0.5) is 0 Å². The molecule has 1 N–H and O–H groups in total. The molecule has 106 valence electrons. The minimum Gasteiger partial charge on any atom is -0.315 e. The van der Waals surface area contributed by atoms with Crippen molar-refractivity contribution in [1.82, 2.24) is 25.0 Å². The van der Waals surface area contributed by atoms with Crippen LogP contribution in [0.5, 0.6) is 0 Å². The van der Waals surface area contributed by atoms with Crippen molar-refractivity contribution >= 4 is 0 Å². The number of rotatable bonds is 2. The average Bonchev–Trinajstić information content (AvgIpc) is 2.84. The lowest BCUT2D eigenvalue weighted by Crippen LogP contribution is -2.59. The third-order valence-corrected chi connectivity index (χ3v) is 5.00. The van der Waals surface area contributed by atoms with Crippen molar-refractivity contribution in [1.29, 1.82) is 0 Å². The summed E-state index contributed by atoms with van der Waals surface area (Å²) < 4.78 is 2.18. The predicted octanol–water partition coefficient (Wildman–Crippen LogP) is 1.26. The summed E-state index contributed by atoms with van der Waals surface area (Å²) in [6.07, 6.45) is 5.80. The van der Waals surface area contributed by atoms with Gasteiger partial charge in [0, 0.05) is 25.2 Å². The van der Waals surface area contributed by atoms with Gasteiger partial charge in [0.15, 0.2) is 0 Å². The second-order valence-corrected chi connectivity index (χ2v) is 6.63. The molecule has 3 rings (SSSR count). The van der Waals surface area contributed by atoms with Gasteiger partial charge in [-0.1, -0.05) is 20.3 Å². The maximum absolute atomic E-state index is 4.24. The van der Waals surface area contributed by atoms with E-state index in [2.05, 4.69) is 45.9 Å². The number of hydrogen-bond acceptors (Lipinski definition) is 4. The molecule has 2 atom stereocenters. The first kappa shape index (κ1) is 13.1. The van der Waals surface area contributed by atoms with Crippen molar-refractivity contribution in [3.63, 3.8) is 0 Å². The van der Waals surface area contributed by atoms with Gasteiger partial charge in [0.2, 0.25) is 0 Å². The fraction of sp³-hybridized carbons (Fsp3) is 0.857. The lowest BCUT2D eigenvalue weighted by atomic mass is 9.70. The number of likely N-dealkylation sites (N-methyl/N-ethyl adjacent to an activating group) is 1. The van der Waals surface area contributed by atoms with Crippen LogP contribution in [-0.2, 0) is 13.1 Å². The Bertz CT molecular complexity index is 439. The Hall–Kier alpha value is -0.940. The van der Waals surface area contributed by atoms with E-state index in [9.17, 15) is 0 Å². The maximum Gasteiger partial charge on any atom is 0.147 e. The molecular formula is C14H25N5. The Kier molecular flexibility index (Phi) is 3.35. The molecule has 0 bridgehead atoms. The highest BCUT2D eigenvalue weighted by molar-refractivity contribution is 5.00. The zero-order valence-corrected chi connectivity index (χ0v) is 12.3. The van der Waals surface area contributed by atoms with Crippen molar-refractivity contribution in [3.05, 3.63) is 12.2 Å². The quantitative estimate of drug-likeness (QED) is 0.872. The third-order valence-electron chi connectivity index (χ3n) is 5.00. The van der Waals surface area contributed by atoms with E-state index in [4.69, 9.17) is 0 Å². The van der Waals surface area contributed by atoms with Gasteiger partial charge in [0.05, 0.1) is 6.54 Å². The van der Waals surface area contributed by atoms with Crippen molar-refractivity contribution in [2.75, 3.05) is 13.6 Å². The van der Waals surface area contributed by atoms with Crippen LogP contribution in [-0.4, -0.2) is 45.3 Å². The highest BCUT2D eigenvalue weighted by Crippen LogP contribution is 2.38. The zero-order chi connectivity index (χ0) is 13.5. The summed E-state index contributed by atoms with van der Waals surface area (Å²) in [7, 11) is 2.11. The summed E-state index contributed by atoms with van der Waals surface area (Å²) in [5.74, 6) is 1.12. The molecule has 5 heteroatoms.